The first-order valence-electron chi connectivity index (χ1n) is 13.1. The smallest absolute Gasteiger partial charge is 0.386 e. The zero-order valence-electron chi connectivity index (χ0n) is 22.8. The van der Waals surface area contributed by atoms with Crippen LogP contribution >= 0.6 is 40.1 Å². The van der Waals surface area contributed by atoms with Gasteiger partial charge in [0, 0.05) is 0 Å². The highest BCUT2D eigenvalue weighted by molar-refractivity contribution is 7.71. The number of hydrogen-bond acceptors (Lipinski definition) is 18. The van der Waals surface area contributed by atoms with Crippen LogP contribution in [0.5, 0.6) is 0 Å². The van der Waals surface area contributed by atoms with Crippen molar-refractivity contribution in [1.82, 2.24) is 39.0 Å². The second kappa shape index (κ2) is 11.4. The quantitative estimate of drug-likeness (QED) is 0.0971. The normalized spacial score (nSPS) is 37.1. The van der Waals surface area contributed by atoms with Crippen molar-refractivity contribution < 1.29 is 56.7 Å². The van der Waals surface area contributed by atoms with Crippen LogP contribution in [0.4, 0.5) is 11.9 Å². The number of nitrogen functional groups attached to an aromatic ring is 2. The summed E-state index contributed by atoms with van der Waals surface area (Å²) in [4.78, 5) is 42.9. The minimum atomic E-state index is -5.03. The van der Waals surface area contributed by atoms with Gasteiger partial charge in [-0.15, -0.1) is 0 Å². The zero-order chi connectivity index (χ0) is 32.7. The van der Waals surface area contributed by atoms with Crippen LogP contribution in [0.1, 0.15) is 12.5 Å². The minimum Gasteiger partial charge on any atom is -0.386 e. The van der Waals surface area contributed by atoms with Gasteiger partial charge in [0.15, 0.2) is 33.6 Å². The monoisotopic (exact) mass is 722 g/mol. The van der Waals surface area contributed by atoms with E-state index in [1.807, 2.05) is 0 Å². The number of nitrogens with one attached hydrogen (secondary N) is 2. The molecular weight excluding hydrogens is 698 g/mol. The van der Waals surface area contributed by atoms with Gasteiger partial charge in [-0.3, -0.25) is 27.2 Å². The van der Waals surface area contributed by atoms with Gasteiger partial charge < -0.3 is 50.9 Å². The Hall–Kier alpha value is -2.80. The second-order valence-electron chi connectivity index (χ2n) is 10.3. The molecule has 0 saturated carbocycles. The van der Waals surface area contributed by atoms with Crippen molar-refractivity contribution in [1.29, 1.82) is 0 Å². The summed E-state index contributed by atoms with van der Waals surface area (Å²) >= 11 is 10.3. The molecule has 0 radical (unpaired) electrons. The van der Waals surface area contributed by atoms with Crippen LogP contribution in [0, 0.1) is 9.28 Å². The predicted molar refractivity (Wildman–Crippen MR) is 155 cm³/mol. The molecule has 6 unspecified atom stereocenters. The number of hydrogen-bond donors (Lipinski definition) is 8. The van der Waals surface area contributed by atoms with E-state index in [9.17, 15) is 29.1 Å². The van der Waals surface area contributed by atoms with Crippen molar-refractivity contribution in [2.24, 2.45) is 0 Å². The molecule has 10 atom stereocenters. The third kappa shape index (κ3) is 5.58. The average molecular weight is 723 g/mol. The van der Waals surface area contributed by atoms with E-state index in [2.05, 4.69) is 29.9 Å². The Morgan fingerprint density at radius 1 is 0.783 bits per heavy atom. The average Bonchev–Trinajstić information content (AvgIpc) is 3.72. The Bertz CT molecular complexity index is 1910. The van der Waals surface area contributed by atoms with Crippen LogP contribution in [0.25, 0.3) is 22.3 Å². The summed E-state index contributed by atoms with van der Waals surface area (Å²) in [5.74, 6) is -0.125. The lowest BCUT2D eigenvalue weighted by atomic mass is 10.1. The SMILES string of the molecule is Nc1nc(=S)c2ncn([C@@H]3O[C@@H]4COP(=O)(O)OC5C(O)[C@H](n6cnc7c(=S)nc(N)[nH]c76)O[C@@H]5COP(=O)(O)OC4C3O)c2[nH]1. The highest BCUT2D eigenvalue weighted by Gasteiger charge is 2.54. The molecule has 10 N–H and O–H groups in total. The van der Waals surface area contributed by atoms with Crippen LogP contribution in [0.15, 0.2) is 12.7 Å². The van der Waals surface area contributed by atoms with Gasteiger partial charge in [0.25, 0.3) is 0 Å². The summed E-state index contributed by atoms with van der Waals surface area (Å²) in [5.41, 5.74) is 12.3. The summed E-state index contributed by atoms with van der Waals surface area (Å²) in [6.45, 7) is -1.60. The largest absolute Gasteiger partial charge is 0.472 e. The van der Waals surface area contributed by atoms with Gasteiger partial charge in [0.2, 0.25) is 0 Å². The van der Waals surface area contributed by atoms with Gasteiger partial charge in [0.05, 0.1) is 25.9 Å². The van der Waals surface area contributed by atoms with Crippen molar-refractivity contribution in [2.75, 3.05) is 24.7 Å². The Morgan fingerprint density at radius 3 is 1.57 bits per heavy atom. The fourth-order valence-electron chi connectivity index (χ4n) is 5.42. The van der Waals surface area contributed by atoms with E-state index in [0.717, 1.165) is 0 Å². The molecule has 26 heteroatoms. The molecule has 3 aliphatic rings. The maximum atomic E-state index is 13.1. The number of imidazole rings is 2. The number of fused-ring (bicyclic) bond motifs is 4. The summed E-state index contributed by atoms with van der Waals surface area (Å²) in [6.07, 6.45) is -9.81. The molecule has 0 spiro atoms. The summed E-state index contributed by atoms with van der Waals surface area (Å²) < 4.78 is 61.6. The standard InChI is InChI=1S/C20H24N10O12P2S2/c21-19-25-13-7(15(45)27-19)23-3-29(13)17-9(31)11-5(39-17)1-37-43(33,34)42-12-6(2-38-44(35,36)41-11)40-18(10(12)32)30-4-24-8-14(30)26-20(22)28-16(8)46/h3-6,9-12,17-18,31-32H,1-2H2,(H,33,34)(H,35,36)(H3,21,25,27,45)(H3,22,26,28,46)/t5-,6-,9?,10?,11?,12?,17-,18-/m1/s1. The molecule has 248 valence electrons. The number of aliphatic hydroxyl groups excluding tert-OH is 2. The number of anilines is 2. The van der Waals surface area contributed by atoms with Crippen molar-refractivity contribution in [3.05, 3.63) is 21.9 Å². The van der Waals surface area contributed by atoms with Gasteiger partial charge >= 0.3 is 15.6 Å². The number of aromatic nitrogens is 8. The van der Waals surface area contributed by atoms with Crippen LogP contribution < -0.4 is 11.5 Å². The molecular formula is C20H24N10O12P2S2. The first-order valence-corrected chi connectivity index (χ1v) is 17.0. The van der Waals surface area contributed by atoms with Crippen LogP contribution in [0.2, 0.25) is 0 Å². The van der Waals surface area contributed by atoms with E-state index in [1.165, 1.54) is 21.8 Å². The maximum Gasteiger partial charge on any atom is 0.472 e. The van der Waals surface area contributed by atoms with Crippen LogP contribution in [-0.2, 0) is 36.7 Å². The molecule has 0 aromatic carbocycles. The molecule has 0 amide bonds. The van der Waals surface area contributed by atoms with Gasteiger partial charge in [0.1, 0.15) is 59.0 Å². The van der Waals surface area contributed by atoms with E-state index in [0.29, 0.717) is 0 Å². The fraction of sp³-hybridized carbons (Fsp3) is 0.500. The Balaban J connectivity index is 1.18. The highest BCUT2D eigenvalue weighted by Crippen LogP contribution is 2.53. The van der Waals surface area contributed by atoms with Crippen molar-refractivity contribution >= 4 is 74.3 Å². The van der Waals surface area contributed by atoms with Gasteiger partial charge in [-0.25, -0.2) is 29.1 Å². The van der Waals surface area contributed by atoms with Gasteiger partial charge in [-0.1, -0.05) is 24.4 Å². The first kappa shape index (κ1) is 31.8. The third-order valence-corrected chi connectivity index (χ3v) is 9.95. The zero-order valence-corrected chi connectivity index (χ0v) is 26.2. The number of aromatic amines is 2. The second-order valence-corrected chi connectivity index (χ2v) is 13.9. The number of nitrogens with two attached hydrogens (primary N) is 2. The lowest BCUT2D eigenvalue weighted by Gasteiger charge is -2.27. The predicted octanol–water partition coefficient (Wildman–Crippen LogP) is -0.310. The first-order chi connectivity index (χ1) is 21.7. The van der Waals surface area contributed by atoms with Gasteiger partial charge in [-0.05, 0) is 0 Å². The lowest BCUT2D eigenvalue weighted by Crippen LogP contribution is -2.39. The van der Waals surface area contributed by atoms with E-state index >= 15 is 0 Å². The van der Waals surface area contributed by atoms with Gasteiger partial charge in [-0.2, -0.15) is 0 Å². The fourth-order valence-corrected chi connectivity index (χ4v) is 7.85. The van der Waals surface area contributed by atoms with E-state index in [4.69, 9.17) is 63.5 Å². The molecule has 0 aliphatic carbocycles. The van der Waals surface area contributed by atoms with Crippen molar-refractivity contribution in [3.63, 3.8) is 0 Å². The van der Waals surface area contributed by atoms with Crippen LogP contribution in [0.3, 0.4) is 0 Å². The number of nitrogens with zero attached hydrogens (tertiary/aromatic N) is 6. The summed E-state index contributed by atoms with van der Waals surface area (Å²) in [7, 11) is -10.1. The van der Waals surface area contributed by atoms with E-state index in [1.54, 1.807) is 0 Å². The summed E-state index contributed by atoms with van der Waals surface area (Å²) in [6, 6.07) is 0. The van der Waals surface area contributed by atoms with E-state index in [-0.39, 0.29) is 43.5 Å². The molecule has 3 saturated heterocycles. The molecule has 7 rings (SSSR count). The molecule has 3 fully saturated rings. The van der Waals surface area contributed by atoms with E-state index < -0.39 is 77.9 Å². The molecule has 3 aliphatic heterocycles. The lowest BCUT2D eigenvalue weighted by molar-refractivity contribution is -0.0664. The topological polar surface area (TPSA) is 315 Å². The van der Waals surface area contributed by atoms with Crippen molar-refractivity contribution in [3.8, 4) is 0 Å². The molecule has 46 heavy (non-hydrogen) atoms. The molecule has 4 aromatic rings. The Kier molecular flexibility index (Phi) is 7.89. The van der Waals surface area contributed by atoms with Crippen LogP contribution in [-0.4, -0.2) is 109 Å². The summed E-state index contributed by atoms with van der Waals surface area (Å²) in [5, 5.41) is 22.4. The Labute approximate surface area is 265 Å². The molecule has 0 bridgehead atoms. The third-order valence-electron chi connectivity index (χ3n) is 7.41. The number of phosphoric ester groups is 2. The molecule has 7 heterocycles. The Morgan fingerprint density at radius 2 is 1.17 bits per heavy atom. The molecule has 4 aromatic heterocycles. The molecule has 22 nitrogen and oxygen atoms in total. The highest BCUT2D eigenvalue weighted by atomic mass is 32.1. The minimum absolute atomic E-state index is 0.0537. The number of H-pyrrole nitrogens is 2. The number of rotatable bonds is 2. The maximum absolute atomic E-state index is 13.1. The number of phosphoric acid groups is 2. The number of aliphatic hydroxyl groups is 2. The van der Waals surface area contributed by atoms with Crippen molar-refractivity contribution in [2.45, 2.75) is 49.1 Å². The number of ether oxygens (including phenoxy) is 2.